The molecular weight excluding hydrogens is 449 g/mol. The van der Waals surface area contributed by atoms with Gasteiger partial charge in [-0.1, -0.05) is 29.4 Å². The number of anilines is 2. The topological polar surface area (TPSA) is 97.1 Å². The van der Waals surface area contributed by atoms with E-state index in [0.717, 1.165) is 11.6 Å². The fraction of sp³-hybridized carbons (Fsp3) is 0.167. The molecule has 0 aliphatic carbocycles. The fourth-order valence-electron chi connectivity index (χ4n) is 3.62. The molecule has 2 heterocycles. The van der Waals surface area contributed by atoms with Crippen molar-refractivity contribution in [2.45, 2.75) is 26.9 Å². The molecule has 0 atom stereocenters. The standard InChI is InChI=1S/C24H19F3N4O3/c1-12-8-9-18(28-14(3)32)20(10-12)29-22(33)16-11-19(30-23-21(16)13(2)31-34-23)15-6-4-5-7-17(15)24(25,26)27/h4-11H,1-3H3,(H,28,32)(H,29,33). The Hall–Kier alpha value is -4.21. The number of rotatable bonds is 4. The van der Waals surface area contributed by atoms with Gasteiger partial charge in [-0.3, -0.25) is 9.59 Å². The van der Waals surface area contributed by atoms with E-state index < -0.39 is 17.6 Å². The summed E-state index contributed by atoms with van der Waals surface area (Å²) >= 11 is 0. The molecule has 2 N–H and O–H groups in total. The lowest BCUT2D eigenvalue weighted by atomic mass is 10.0. The van der Waals surface area contributed by atoms with Gasteiger partial charge in [-0.15, -0.1) is 0 Å². The van der Waals surface area contributed by atoms with Gasteiger partial charge in [0.1, 0.15) is 0 Å². The number of carbonyl (C=O) groups is 2. The molecule has 0 aliphatic heterocycles. The van der Waals surface area contributed by atoms with E-state index in [2.05, 4.69) is 20.8 Å². The number of amides is 2. The van der Waals surface area contributed by atoms with E-state index in [4.69, 9.17) is 4.52 Å². The van der Waals surface area contributed by atoms with E-state index in [-0.39, 0.29) is 33.8 Å². The van der Waals surface area contributed by atoms with E-state index in [1.165, 1.54) is 31.2 Å². The molecule has 0 bridgehead atoms. The van der Waals surface area contributed by atoms with Gasteiger partial charge in [-0.2, -0.15) is 13.2 Å². The lowest BCUT2D eigenvalue weighted by molar-refractivity contribution is -0.137. The van der Waals surface area contributed by atoms with Crippen LogP contribution in [0.4, 0.5) is 24.5 Å². The molecule has 0 saturated heterocycles. The van der Waals surface area contributed by atoms with Crippen LogP contribution in [-0.4, -0.2) is 22.0 Å². The molecule has 0 saturated carbocycles. The molecular formula is C24H19F3N4O3. The van der Waals surface area contributed by atoms with Gasteiger partial charge >= 0.3 is 6.18 Å². The van der Waals surface area contributed by atoms with E-state index in [0.29, 0.717) is 17.1 Å². The molecule has 2 aromatic heterocycles. The molecule has 0 spiro atoms. The molecule has 4 aromatic rings. The zero-order valence-electron chi connectivity index (χ0n) is 18.4. The van der Waals surface area contributed by atoms with Crippen LogP contribution in [-0.2, 0) is 11.0 Å². The average molecular weight is 468 g/mol. The summed E-state index contributed by atoms with van der Waals surface area (Å²) in [4.78, 5) is 29.1. The third-order valence-electron chi connectivity index (χ3n) is 5.10. The van der Waals surface area contributed by atoms with Crippen molar-refractivity contribution in [1.82, 2.24) is 10.1 Å². The summed E-state index contributed by atoms with van der Waals surface area (Å²) in [6, 6.07) is 11.3. The summed E-state index contributed by atoms with van der Waals surface area (Å²) in [5.41, 5.74) is 0.672. The number of carbonyl (C=O) groups excluding carboxylic acids is 2. The summed E-state index contributed by atoms with van der Waals surface area (Å²) in [6.07, 6.45) is -4.62. The Balaban J connectivity index is 1.85. The first kappa shape index (κ1) is 23.0. The molecule has 0 radical (unpaired) electrons. The van der Waals surface area contributed by atoms with Crippen LogP contribution in [0.5, 0.6) is 0 Å². The monoisotopic (exact) mass is 468 g/mol. The van der Waals surface area contributed by atoms with E-state index in [1.807, 2.05) is 6.92 Å². The Bertz CT molecular complexity index is 1430. The second-order valence-electron chi connectivity index (χ2n) is 7.73. The quantitative estimate of drug-likeness (QED) is 0.398. The highest BCUT2D eigenvalue weighted by molar-refractivity contribution is 6.14. The van der Waals surface area contributed by atoms with Crippen LogP contribution >= 0.6 is 0 Å². The number of pyridine rings is 1. The van der Waals surface area contributed by atoms with Crippen molar-refractivity contribution in [1.29, 1.82) is 0 Å². The van der Waals surface area contributed by atoms with E-state index >= 15 is 0 Å². The maximum absolute atomic E-state index is 13.6. The number of nitrogens with zero attached hydrogens (tertiary/aromatic N) is 2. The van der Waals surface area contributed by atoms with Crippen molar-refractivity contribution in [2.24, 2.45) is 0 Å². The number of benzene rings is 2. The minimum absolute atomic E-state index is 0.0333. The Morgan fingerprint density at radius 3 is 2.41 bits per heavy atom. The Labute approximate surface area is 192 Å². The number of halogens is 3. The molecule has 2 aromatic carbocycles. The van der Waals surface area contributed by atoms with Crippen LogP contribution in [0.3, 0.4) is 0 Å². The molecule has 4 rings (SSSR count). The summed E-state index contributed by atoms with van der Waals surface area (Å²) in [5, 5.41) is 9.48. The Kier molecular flexibility index (Phi) is 5.82. The summed E-state index contributed by atoms with van der Waals surface area (Å²) in [6.45, 7) is 4.75. The molecule has 2 amide bonds. The minimum atomic E-state index is -4.62. The van der Waals surface area contributed by atoms with Crippen molar-refractivity contribution >= 4 is 34.3 Å². The zero-order chi connectivity index (χ0) is 24.6. The van der Waals surface area contributed by atoms with Gasteiger partial charge in [0, 0.05) is 12.5 Å². The second kappa shape index (κ2) is 8.62. The largest absolute Gasteiger partial charge is 0.417 e. The summed E-state index contributed by atoms with van der Waals surface area (Å²) in [7, 11) is 0. The lowest BCUT2D eigenvalue weighted by Gasteiger charge is -2.15. The smallest absolute Gasteiger partial charge is 0.335 e. The number of fused-ring (bicyclic) bond motifs is 1. The van der Waals surface area contributed by atoms with Gasteiger partial charge in [0.05, 0.1) is 39.3 Å². The zero-order valence-corrected chi connectivity index (χ0v) is 18.4. The normalized spacial score (nSPS) is 11.5. The van der Waals surface area contributed by atoms with Crippen molar-refractivity contribution < 1.29 is 27.3 Å². The number of aromatic nitrogens is 2. The average Bonchev–Trinajstić information content (AvgIpc) is 3.15. The first-order valence-electron chi connectivity index (χ1n) is 10.2. The van der Waals surface area contributed by atoms with Crippen molar-refractivity contribution in [3.8, 4) is 11.3 Å². The Morgan fingerprint density at radius 1 is 0.971 bits per heavy atom. The van der Waals surface area contributed by atoms with Crippen LogP contribution in [0.2, 0.25) is 0 Å². The van der Waals surface area contributed by atoms with Crippen LogP contribution in [0.1, 0.15) is 34.1 Å². The molecule has 0 unspecified atom stereocenters. The Morgan fingerprint density at radius 2 is 1.71 bits per heavy atom. The molecule has 0 fully saturated rings. The van der Waals surface area contributed by atoms with Crippen molar-refractivity contribution in [3.05, 3.63) is 70.9 Å². The number of aryl methyl sites for hydroxylation is 2. The van der Waals surface area contributed by atoms with Gasteiger partial charge in [-0.25, -0.2) is 4.98 Å². The van der Waals surface area contributed by atoms with E-state index in [9.17, 15) is 22.8 Å². The van der Waals surface area contributed by atoms with Gasteiger partial charge < -0.3 is 15.2 Å². The number of nitrogens with one attached hydrogen (secondary N) is 2. The predicted octanol–water partition coefficient (Wildman–Crippen LogP) is 5.74. The van der Waals surface area contributed by atoms with Gasteiger partial charge in [-0.05, 0) is 43.7 Å². The first-order valence-corrected chi connectivity index (χ1v) is 10.2. The van der Waals surface area contributed by atoms with Crippen LogP contribution in [0.25, 0.3) is 22.4 Å². The maximum atomic E-state index is 13.6. The molecule has 174 valence electrons. The van der Waals surface area contributed by atoms with Crippen molar-refractivity contribution in [2.75, 3.05) is 10.6 Å². The first-order chi connectivity index (χ1) is 16.0. The number of hydrogen-bond acceptors (Lipinski definition) is 5. The third-order valence-corrected chi connectivity index (χ3v) is 5.10. The van der Waals surface area contributed by atoms with E-state index in [1.54, 1.807) is 25.1 Å². The van der Waals surface area contributed by atoms with Crippen LogP contribution < -0.4 is 10.6 Å². The number of alkyl halides is 3. The maximum Gasteiger partial charge on any atom is 0.417 e. The van der Waals surface area contributed by atoms with Gasteiger partial charge in [0.25, 0.3) is 11.6 Å². The van der Waals surface area contributed by atoms with Crippen LogP contribution in [0, 0.1) is 13.8 Å². The van der Waals surface area contributed by atoms with Crippen molar-refractivity contribution in [3.63, 3.8) is 0 Å². The number of hydrogen-bond donors (Lipinski definition) is 2. The second-order valence-corrected chi connectivity index (χ2v) is 7.73. The molecule has 34 heavy (non-hydrogen) atoms. The third kappa shape index (κ3) is 4.47. The summed E-state index contributed by atoms with van der Waals surface area (Å²) < 4.78 is 46.0. The fourth-order valence-corrected chi connectivity index (χ4v) is 3.62. The molecule has 10 heteroatoms. The highest BCUT2D eigenvalue weighted by Gasteiger charge is 2.34. The predicted molar refractivity (Wildman–Crippen MR) is 120 cm³/mol. The van der Waals surface area contributed by atoms with Gasteiger partial charge in [0.15, 0.2) is 0 Å². The summed E-state index contributed by atoms with van der Waals surface area (Å²) in [5.74, 6) is -0.951. The highest BCUT2D eigenvalue weighted by atomic mass is 19.4. The SMILES string of the molecule is CC(=O)Nc1ccc(C)cc1NC(=O)c1cc(-c2ccccc2C(F)(F)F)nc2onc(C)c12. The molecule has 0 aliphatic rings. The van der Waals surface area contributed by atoms with Gasteiger partial charge in [0.2, 0.25) is 5.91 Å². The highest BCUT2D eigenvalue weighted by Crippen LogP contribution is 2.38. The lowest BCUT2D eigenvalue weighted by Crippen LogP contribution is -2.16. The molecule has 7 nitrogen and oxygen atoms in total. The van der Waals surface area contributed by atoms with Crippen LogP contribution in [0.15, 0.2) is 53.1 Å². The minimum Gasteiger partial charge on any atom is -0.335 e.